The van der Waals surface area contributed by atoms with E-state index < -0.39 is 0 Å². The van der Waals surface area contributed by atoms with E-state index in [4.69, 9.17) is 4.74 Å². The molecule has 0 fully saturated rings. The second-order valence-corrected chi connectivity index (χ2v) is 6.43. The van der Waals surface area contributed by atoms with Crippen molar-refractivity contribution in [1.29, 1.82) is 0 Å². The Morgan fingerprint density at radius 2 is 1.96 bits per heavy atom. The Balaban J connectivity index is 1.62. The smallest absolute Gasteiger partial charge is 0.322 e. The van der Waals surface area contributed by atoms with Crippen LogP contribution in [0.2, 0.25) is 0 Å². The fourth-order valence-electron chi connectivity index (χ4n) is 2.87. The number of nitrogens with zero attached hydrogens (tertiary/aromatic N) is 1. The fourth-order valence-corrected chi connectivity index (χ4v) is 2.87. The summed E-state index contributed by atoms with van der Waals surface area (Å²) in [5.74, 6) is 0. The lowest BCUT2D eigenvalue weighted by atomic mass is 10.0. The van der Waals surface area contributed by atoms with E-state index in [1.807, 2.05) is 49.1 Å². The summed E-state index contributed by atoms with van der Waals surface area (Å²) in [6, 6.07) is 16.1. The zero-order chi connectivity index (χ0) is 16.9. The topological polar surface area (TPSA) is 41.6 Å². The highest BCUT2D eigenvalue weighted by molar-refractivity contribution is 5.89. The third-order valence-electron chi connectivity index (χ3n) is 4.18. The molecule has 0 saturated carbocycles. The Labute approximate surface area is 143 Å². The molecule has 0 aliphatic carbocycles. The maximum atomic E-state index is 12.5. The van der Waals surface area contributed by atoms with Gasteiger partial charge < -0.3 is 15.0 Å². The zero-order valence-electron chi connectivity index (χ0n) is 14.3. The van der Waals surface area contributed by atoms with Gasteiger partial charge in [0.15, 0.2) is 0 Å². The molecule has 4 heteroatoms. The molecule has 0 radical (unpaired) electrons. The summed E-state index contributed by atoms with van der Waals surface area (Å²) in [5.41, 5.74) is 4.45. The maximum Gasteiger partial charge on any atom is 0.322 e. The third kappa shape index (κ3) is 4.15. The van der Waals surface area contributed by atoms with E-state index in [1.54, 1.807) is 0 Å². The lowest BCUT2D eigenvalue weighted by molar-refractivity contribution is 0.0657. The van der Waals surface area contributed by atoms with Crippen LogP contribution < -0.4 is 5.32 Å². The Kier molecular flexibility index (Phi) is 5.16. The first-order valence-electron chi connectivity index (χ1n) is 8.45. The number of hydrogen-bond donors (Lipinski definition) is 1. The van der Waals surface area contributed by atoms with Gasteiger partial charge in [-0.15, -0.1) is 0 Å². The number of benzene rings is 2. The monoisotopic (exact) mass is 324 g/mol. The van der Waals surface area contributed by atoms with Crippen molar-refractivity contribution < 1.29 is 9.53 Å². The molecule has 24 heavy (non-hydrogen) atoms. The second-order valence-electron chi connectivity index (χ2n) is 6.43. The van der Waals surface area contributed by atoms with Crippen LogP contribution in [0.25, 0.3) is 0 Å². The number of urea groups is 1. The van der Waals surface area contributed by atoms with Gasteiger partial charge in [-0.2, -0.15) is 0 Å². The van der Waals surface area contributed by atoms with Crippen molar-refractivity contribution in [3.63, 3.8) is 0 Å². The van der Waals surface area contributed by atoms with Crippen LogP contribution in [0.15, 0.2) is 48.5 Å². The molecule has 0 saturated heterocycles. The Hall–Kier alpha value is -2.33. The highest BCUT2D eigenvalue weighted by atomic mass is 16.5. The van der Waals surface area contributed by atoms with E-state index in [-0.39, 0.29) is 12.1 Å². The SMILES string of the molecule is CC(C)OCc1cccc(NC(=O)N2CCc3ccccc3C2)c1. The third-order valence-corrected chi connectivity index (χ3v) is 4.18. The number of amides is 2. The van der Waals surface area contributed by atoms with Crippen molar-refractivity contribution in [2.45, 2.75) is 39.5 Å². The fraction of sp³-hybridized carbons (Fsp3) is 0.350. The van der Waals surface area contributed by atoms with Crippen molar-refractivity contribution >= 4 is 11.7 Å². The van der Waals surface area contributed by atoms with E-state index >= 15 is 0 Å². The van der Waals surface area contributed by atoms with E-state index in [1.165, 1.54) is 11.1 Å². The molecule has 1 heterocycles. The van der Waals surface area contributed by atoms with Crippen molar-refractivity contribution in [2.75, 3.05) is 11.9 Å². The summed E-state index contributed by atoms with van der Waals surface area (Å²) in [6.07, 6.45) is 1.10. The average molecular weight is 324 g/mol. The number of carbonyl (C=O) groups is 1. The maximum absolute atomic E-state index is 12.5. The normalized spacial score (nSPS) is 13.7. The minimum Gasteiger partial charge on any atom is -0.374 e. The van der Waals surface area contributed by atoms with Gasteiger partial charge in [0, 0.05) is 18.8 Å². The van der Waals surface area contributed by atoms with Gasteiger partial charge in [0.25, 0.3) is 0 Å². The number of anilines is 1. The summed E-state index contributed by atoms with van der Waals surface area (Å²) >= 11 is 0. The molecule has 0 bridgehead atoms. The van der Waals surface area contributed by atoms with Crippen LogP contribution in [0.1, 0.15) is 30.5 Å². The van der Waals surface area contributed by atoms with Crippen molar-refractivity contribution in [3.05, 3.63) is 65.2 Å². The van der Waals surface area contributed by atoms with E-state index in [0.29, 0.717) is 13.2 Å². The largest absolute Gasteiger partial charge is 0.374 e. The Bertz CT molecular complexity index is 712. The highest BCUT2D eigenvalue weighted by Gasteiger charge is 2.20. The van der Waals surface area contributed by atoms with Crippen molar-refractivity contribution in [2.24, 2.45) is 0 Å². The number of rotatable bonds is 4. The molecule has 4 nitrogen and oxygen atoms in total. The summed E-state index contributed by atoms with van der Waals surface area (Å²) < 4.78 is 5.62. The van der Waals surface area contributed by atoms with E-state index in [0.717, 1.165) is 24.2 Å². The molecular weight excluding hydrogens is 300 g/mol. The molecule has 2 amide bonds. The first kappa shape index (κ1) is 16.5. The van der Waals surface area contributed by atoms with Crippen LogP contribution in [0.4, 0.5) is 10.5 Å². The standard InChI is InChI=1S/C20H24N2O2/c1-15(2)24-14-16-6-5-9-19(12-16)21-20(23)22-11-10-17-7-3-4-8-18(17)13-22/h3-9,12,15H,10-11,13-14H2,1-2H3,(H,21,23). The van der Waals surface area contributed by atoms with Crippen LogP contribution in [0.3, 0.4) is 0 Å². The van der Waals surface area contributed by atoms with E-state index in [9.17, 15) is 4.79 Å². The van der Waals surface area contributed by atoms with Crippen molar-refractivity contribution in [1.82, 2.24) is 4.90 Å². The predicted molar refractivity (Wildman–Crippen MR) is 95.9 cm³/mol. The predicted octanol–water partition coefficient (Wildman–Crippen LogP) is 4.20. The van der Waals surface area contributed by atoms with Gasteiger partial charge in [-0.25, -0.2) is 4.79 Å². The van der Waals surface area contributed by atoms with Gasteiger partial charge in [-0.3, -0.25) is 0 Å². The molecule has 0 unspecified atom stereocenters. The van der Waals surface area contributed by atoms with Gasteiger partial charge in [0.2, 0.25) is 0 Å². The molecule has 2 aromatic carbocycles. The van der Waals surface area contributed by atoms with Gasteiger partial charge in [-0.1, -0.05) is 36.4 Å². The van der Waals surface area contributed by atoms with Crippen LogP contribution >= 0.6 is 0 Å². The molecule has 1 aliphatic heterocycles. The highest BCUT2D eigenvalue weighted by Crippen LogP contribution is 2.20. The van der Waals surface area contributed by atoms with Crippen LogP contribution in [0.5, 0.6) is 0 Å². The molecule has 2 aromatic rings. The first-order valence-corrected chi connectivity index (χ1v) is 8.45. The van der Waals surface area contributed by atoms with E-state index in [2.05, 4.69) is 23.5 Å². The summed E-state index contributed by atoms with van der Waals surface area (Å²) in [6.45, 7) is 6.00. The quantitative estimate of drug-likeness (QED) is 0.915. The van der Waals surface area contributed by atoms with Gasteiger partial charge in [0.05, 0.1) is 12.7 Å². The Morgan fingerprint density at radius 1 is 1.17 bits per heavy atom. The summed E-state index contributed by atoms with van der Waals surface area (Å²) in [7, 11) is 0. The molecule has 0 atom stereocenters. The first-order chi connectivity index (χ1) is 11.6. The minimum absolute atomic E-state index is 0.0496. The summed E-state index contributed by atoms with van der Waals surface area (Å²) in [4.78, 5) is 14.4. The molecule has 1 aliphatic rings. The number of carbonyl (C=O) groups excluding carboxylic acids is 1. The molecule has 3 rings (SSSR count). The lowest BCUT2D eigenvalue weighted by Gasteiger charge is -2.29. The van der Waals surface area contributed by atoms with Crippen LogP contribution in [-0.2, 0) is 24.3 Å². The molecule has 0 spiro atoms. The van der Waals surface area contributed by atoms with Gasteiger partial charge in [0.1, 0.15) is 0 Å². The zero-order valence-corrected chi connectivity index (χ0v) is 14.3. The van der Waals surface area contributed by atoms with Gasteiger partial charge >= 0.3 is 6.03 Å². The number of nitrogens with one attached hydrogen (secondary N) is 1. The Morgan fingerprint density at radius 3 is 2.75 bits per heavy atom. The summed E-state index contributed by atoms with van der Waals surface area (Å²) in [5, 5.41) is 3.00. The van der Waals surface area contributed by atoms with Crippen LogP contribution in [-0.4, -0.2) is 23.6 Å². The molecule has 0 aromatic heterocycles. The van der Waals surface area contributed by atoms with Gasteiger partial charge in [-0.05, 0) is 49.1 Å². The molecular formula is C20H24N2O2. The average Bonchev–Trinajstić information content (AvgIpc) is 2.60. The van der Waals surface area contributed by atoms with Crippen LogP contribution in [0, 0.1) is 0 Å². The number of ether oxygens (including phenoxy) is 1. The van der Waals surface area contributed by atoms with Crippen molar-refractivity contribution in [3.8, 4) is 0 Å². The molecule has 1 N–H and O–H groups in total. The minimum atomic E-state index is -0.0496. The second kappa shape index (κ2) is 7.49. The lowest BCUT2D eigenvalue weighted by Crippen LogP contribution is -2.38. The molecule has 126 valence electrons. The number of fused-ring (bicyclic) bond motifs is 1. The number of hydrogen-bond acceptors (Lipinski definition) is 2.